The lowest BCUT2D eigenvalue weighted by Crippen LogP contribution is -2.11. The summed E-state index contributed by atoms with van der Waals surface area (Å²) < 4.78 is 1.75. The standard InChI is InChI=1S/C13H17BrN2S/c1-13(6-7-13)12-15-10(8-4-2-3-5-8)9(14)11(17)16-12/h8H,2-7H2,1H3,(H,15,16,17). The van der Waals surface area contributed by atoms with Crippen LogP contribution in [0.5, 0.6) is 0 Å². The molecular formula is C13H17BrN2S. The fourth-order valence-electron chi connectivity index (χ4n) is 2.68. The Morgan fingerprint density at radius 1 is 1.35 bits per heavy atom. The second-order valence-corrected chi connectivity index (χ2v) is 6.84. The molecule has 3 rings (SSSR count). The van der Waals surface area contributed by atoms with E-state index in [1.165, 1.54) is 44.2 Å². The molecule has 2 aliphatic rings. The summed E-state index contributed by atoms with van der Waals surface area (Å²) in [6.45, 7) is 2.27. The number of hydrogen-bond donors (Lipinski definition) is 1. The molecule has 1 aromatic heterocycles. The van der Waals surface area contributed by atoms with Crippen molar-refractivity contribution in [2.24, 2.45) is 0 Å². The highest BCUT2D eigenvalue weighted by Crippen LogP contribution is 2.47. The average molecular weight is 313 g/mol. The molecule has 2 saturated carbocycles. The number of halogens is 1. The van der Waals surface area contributed by atoms with Crippen LogP contribution >= 0.6 is 28.1 Å². The number of H-pyrrole nitrogens is 1. The Balaban J connectivity index is 2.06. The van der Waals surface area contributed by atoms with E-state index >= 15 is 0 Å². The van der Waals surface area contributed by atoms with Gasteiger partial charge in [-0.25, -0.2) is 4.98 Å². The smallest absolute Gasteiger partial charge is 0.144 e. The highest BCUT2D eigenvalue weighted by Gasteiger charge is 2.42. The van der Waals surface area contributed by atoms with E-state index < -0.39 is 0 Å². The Bertz CT molecular complexity index is 499. The van der Waals surface area contributed by atoms with Gasteiger partial charge in [0.2, 0.25) is 0 Å². The fraction of sp³-hybridized carbons (Fsp3) is 0.692. The molecule has 0 bridgehead atoms. The van der Waals surface area contributed by atoms with E-state index in [1.54, 1.807) is 0 Å². The molecule has 0 atom stereocenters. The molecule has 2 nitrogen and oxygen atoms in total. The molecule has 0 unspecified atom stereocenters. The SMILES string of the molecule is CC1(c2nc(=S)c(Br)c(C3CCCC3)[nH]2)CC1. The number of rotatable bonds is 2. The van der Waals surface area contributed by atoms with Crippen molar-refractivity contribution in [2.45, 2.75) is 56.8 Å². The Hall–Kier alpha value is -0.220. The predicted octanol–water partition coefficient (Wildman–Crippen LogP) is 4.61. The molecule has 0 amide bonds. The van der Waals surface area contributed by atoms with Gasteiger partial charge in [0, 0.05) is 17.0 Å². The van der Waals surface area contributed by atoms with Crippen molar-refractivity contribution >= 4 is 28.1 Å². The first-order valence-electron chi connectivity index (χ1n) is 6.40. The molecule has 2 fully saturated rings. The Morgan fingerprint density at radius 2 is 2.00 bits per heavy atom. The van der Waals surface area contributed by atoms with Gasteiger partial charge < -0.3 is 4.98 Å². The summed E-state index contributed by atoms with van der Waals surface area (Å²) in [6, 6.07) is 0. The number of aromatic nitrogens is 2. The molecule has 0 aromatic carbocycles. The summed E-state index contributed by atoms with van der Waals surface area (Å²) in [7, 11) is 0. The Kier molecular flexibility index (Phi) is 2.90. The minimum Gasteiger partial charge on any atom is -0.345 e. The van der Waals surface area contributed by atoms with Gasteiger partial charge in [-0.1, -0.05) is 32.0 Å². The van der Waals surface area contributed by atoms with Gasteiger partial charge >= 0.3 is 0 Å². The maximum atomic E-state index is 5.38. The fourth-order valence-corrected chi connectivity index (χ4v) is 3.39. The zero-order chi connectivity index (χ0) is 12.0. The number of hydrogen-bond acceptors (Lipinski definition) is 2. The van der Waals surface area contributed by atoms with E-state index in [-0.39, 0.29) is 5.41 Å². The summed E-state index contributed by atoms with van der Waals surface area (Å²) in [5.74, 6) is 1.75. The quantitative estimate of drug-likeness (QED) is 0.808. The van der Waals surface area contributed by atoms with Gasteiger partial charge in [0.1, 0.15) is 10.5 Å². The van der Waals surface area contributed by atoms with Crippen LogP contribution in [-0.2, 0) is 5.41 Å². The van der Waals surface area contributed by atoms with Crippen molar-refractivity contribution in [2.75, 3.05) is 0 Å². The number of nitrogens with zero attached hydrogens (tertiary/aromatic N) is 1. The van der Waals surface area contributed by atoms with Crippen LogP contribution in [0.2, 0.25) is 0 Å². The van der Waals surface area contributed by atoms with Crippen molar-refractivity contribution in [3.63, 3.8) is 0 Å². The monoisotopic (exact) mass is 312 g/mol. The third kappa shape index (κ3) is 2.10. The normalized spacial score (nSPS) is 22.9. The van der Waals surface area contributed by atoms with E-state index in [0.29, 0.717) is 5.92 Å². The summed E-state index contributed by atoms with van der Waals surface area (Å²) >= 11 is 9.00. The second kappa shape index (κ2) is 4.16. The van der Waals surface area contributed by atoms with Crippen molar-refractivity contribution in [1.29, 1.82) is 0 Å². The van der Waals surface area contributed by atoms with Crippen LogP contribution in [0.3, 0.4) is 0 Å². The van der Waals surface area contributed by atoms with E-state index in [9.17, 15) is 0 Å². The molecular weight excluding hydrogens is 296 g/mol. The van der Waals surface area contributed by atoms with Crippen LogP contribution in [0.25, 0.3) is 0 Å². The topological polar surface area (TPSA) is 28.7 Å². The van der Waals surface area contributed by atoms with Gasteiger partial charge in [-0.15, -0.1) is 0 Å². The zero-order valence-electron chi connectivity index (χ0n) is 10.1. The van der Waals surface area contributed by atoms with Crippen LogP contribution in [0.4, 0.5) is 0 Å². The van der Waals surface area contributed by atoms with E-state index in [2.05, 4.69) is 32.8 Å². The van der Waals surface area contributed by atoms with Crippen LogP contribution in [0.15, 0.2) is 4.47 Å². The van der Waals surface area contributed by atoms with Gasteiger partial charge in [0.15, 0.2) is 0 Å². The Morgan fingerprint density at radius 3 is 2.59 bits per heavy atom. The number of nitrogens with one attached hydrogen (secondary N) is 1. The van der Waals surface area contributed by atoms with Crippen LogP contribution in [-0.4, -0.2) is 9.97 Å². The van der Waals surface area contributed by atoms with Gasteiger partial charge in [-0.2, -0.15) is 0 Å². The van der Waals surface area contributed by atoms with Crippen LogP contribution in [0.1, 0.15) is 62.9 Å². The van der Waals surface area contributed by atoms with Crippen molar-refractivity contribution in [3.05, 3.63) is 20.6 Å². The van der Waals surface area contributed by atoms with Gasteiger partial charge in [0.25, 0.3) is 0 Å². The van der Waals surface area contributed by atoms with Crippen LogP contribution in [0, 0.1) is 4.64 Å². The molecule has 0 spiro atoms. The van der Waals surface area contributed by atoms with E-state index in [4.69, 9.17) is 12.2 Å². The molecule has 17 heavy (non-hydrogen) atoms. The third-order valence-electron chi connectivity index (χ3n) is 4.23. The largest absolute Gasteiger partial charge is 0.345 e. The molecule has 1 aromatic rings. The first-order chi connectivity index (χ1) is 8.10. The van der Waals surface area contributed by atoms with E-state index in [1.807, 2.05) is 0 Å². The molecule has 0 saturated heterocycles. The summed E-state index contributed by atoms with van der Waals surface area (Å²) in [5.41, 5.74) is 1.56. The summed E-state index contributed by atoms with van der Waals surface area (Å²) in [5, 5.41) is 0. The Labute approximate surface area is 115 Å². The molecule has 1 N–H and O–H groups in total. The van der Waals surface area contributed by atoms with Crippen LogP contribution < -0.4 is 0 Å². The van der Waals surface area contributed by atoms with Gasteiger partial charge in [0.05, 0.1) is 4.47 Å². The summed E-state index contributed by atoms with van der Waals surface area (Å²) in [4.78, 5) is 8.12. The zero-order valence-corrected chi connectivity index (χ0v) is 12.5. The number of aromatic amines is 1. The lowest BCUT2D eigenvalue weighted by Gasteiger charge is -2.16. The second-order valence-electron chi connectivity index (χ2n) is 5.66. The highest BCUT2D eigenvalue weighted by atomic mass is 79.9. The lowest BCUT2D eigenvalue weighted by molar-refractivity contribution is 0.643. The van der Waals surface area contributed by atoms with Gasteiger partial charge in [-0.3, -0.25) is 0 Å². The minimum atomic E-state index is 0.265. The maximum Gasteiger partial charge on any atom is 0.144 e. The first kappa shape index (κ1) is 11.8. The average Bonchev–Trinajstić information content (AvgIpc) is 2.85. The minimum absolute atomic E-state index is 0.265. The molecule has 0 radical (unpaired) electrons. The highest BCUT2D eigenvalue weighted by molar-refractivity contribution is 9.10. The summed E-state index contributed by atoms with van der Waals surface area (Å²) in [6.07, 6.45) is 7.71. The molecule has 0 aliphatic heterocycles. The molecule has 2 aliphatic carbocycles. The third-order valence-corrected chi connectivity index (χ3v) is 5.59. The van der Waals surface area contributed by atoms with Gasteiger partial charge in [-0.05, 0) is 41.6 Å². The predicted molar refractivity (Wildman–Crippen MR) is 74.9 cm³/mol. The van der Waals surface area contributed by atoms with Crippen molar-refractivity contribution in [1.82, 2.24) is 9.97 Å². The van der Waals surface area contributed by atoms with Crippen molar-refractivity contribution < 1.29 is 0 Å². The van der Waals surface area contributed by atoms with Crippen molar-refractivity contribution in [3.8, 4) is 0 Å². The molecule has 1 heterocycles. The lowest BCUT2D eigenvalue weighted by atomic mass is 10.0. The molecule has 92 valence electrons. The first-order valence-corrected chi connectivity index (χ1v) is 7.60. The maximum absolute atomic E-state index is 5.38. The van der Waals surface area contributed by atoms with E-state index in [0.717, 1.165) is 14.9 Å². The molecule has 4 heteroatoms.